The molecule has 10 nitrogen and oxygen atoms in total. The zero-order valence-corrected chi connectivity index (χ0v) is 17.0. The summed E-state index contributed by atoms with van der Waals surface area (Å²) in [6.45, 7) is 2.30. The summed E-state index contributed by atoms with van der Waals surface area (Å²) in [7, 11) is 2.89. The van der Waals surface area contributed by atoms with Crippen LogP contribution in [0.4, 0.5) is 4.39 Å². The van der Waals surface area contributed by atoms with Crippen LogP contribution in [0, 0.1) is 5.95 Å². The van der Waals surface area contributed by atoms with Gasteiger partial charge in [0.2, 0.25) is 17.7 Å². The first-order valence-electron chi connectivity index (χ1n) is 9.08. The standard InChI is InChI=1S/C20H19FN6O4/c1-4-31-17-6-5-14(20(26-17)30-3)15-10-22-11-16(25-15)19(28)27-24-8-12-7-13(29-2)9-23-18(12)21/h5-11H,4H2,1-3H3,(H,27,28)/b24-8+. The van der Waals surface area contributed by atoms with Gasteiger partial charge in [-0.2, -0.15) is 14.5 Å². The molecule has 0 fully saturated rings. The number of hydrogen-bond acceptors (Lipinski definition) is 9. The van der Waals surface area contributed by atoms with Crippen LogP contribution in [-0.4, -0.2) is 52.9 Å². The maximum absolute atomic E-state index is 13.7. The van der Waals surface area contributed by atoms with E-state index < -0.39 is 11.9 Å². The molecule has 3 rings (SSSR count). The summed E-state index contributed by atoms with van der Waals surface area (Å²) in [6, 6.07) is 4.76. The monoisotopic (exact) mass is 426 g/mol. The number of rotatable bonds is 8. The van der Waals surface area contributed by atoms with Gasteiger partial charge in [0.1, 0.15) is 11.4 Å². The van der Waals surface area contributed by atoms with Gasteiger partial charge in [-0.1, -0.05) is 0 Å². The molecule has 3 aromatic heterocycles. The summed E-state index contributed by atoms with van der Waals surface area (Å²) in [5.41, 5.74) is 3.21. The highest BCUT2D eigenvalue weighted by Crippen LogP contribution is 2.28. The molecule has 3 aromatic rings. The highest BCUT2D eigenvalue weighted by Gasteiger charge is 2.14. The van der Waals surface area contributed by atoms with E-state index in [0.717, 1.165) is 6.21 Å². The SMILES string of the molecule is CCOc1ccc(-c2cncc(C(=O)N/N=C/c3cc(OC)cnc3F)n2)c(OC)n1. The van der Waals surface area contributed by atoms with Gasteiger partial charge >= 0.3 is 0 Å². The summed E-state index contributed by atoms with van der Waals surface area (Å²) in [5.74, 6) is -0.364. The Labute approximate surface area is 177 Å². The second-order valence-corrected chi connectivity index (χ2v) is 5.88. The van der Waals surface area contributed by atoms with Gasteiger partial charge in [-0.15, -0.1) is 0 Å². The van der Waals surface area contributed by atoms with E-state index in [1.807, 2.05) is 6.92 Å². The Kier molecular flexibility index (Phi) is 6.99. The summed E-state index contributed by atoms with van der Waals surface area (Å²) in [5, 5.41) is 3.74. The fourth-order valence-corrected chi connectivity index (χ4v) is 2.47. The van der Waals surface area contributed by atoms with Crippen LogP contribution >= 0.6 is 0 Å². The first kappa shape index (κ1) is 21.6. The predicted molar refractivity (Wildman–Crippen MR) is 109 cm³/mol. The molecule has 31 heavy (non-hydrogen) atoms. The minimum Gasteiger partial charge on any atom is -0.495 e. The molecule has 160 valence electrons. The molecule has 0 aliphatic heterocycles. The van der Waals surface area contributed by atoms with Crippen molar-refractivity contribution in [1.29, 1.82) is 0 Å². The van der Waals surface area contributed by atoms with E-state index >= 15 is 0 Å². The van der Waals surface area contributed by atoms with Gasteiger partial charge in [0.05, 0.1) is 62.5 Å². The predicted octanol–water partition coefficient (Wildman–Crippen LogP) is 2.25. The molecule has 0 unspecified atom stereocenters. The van der Waals surface area contributed by atoms with Crippen molar-refractivity contribution in [1.82, 2.24) is 25.4 Å². The van der Waals surface area contributed by atoms with Crippen LogP contribution in [0.5, 0.6) is 17.5 Å². The average molecular weight is 426 g/mol. The number of hydrazone groups is 1. The third kappa shape index (κ3) is 5.26. The summed E-state index contributed by atoms with van der Waals surface area (Å²) >= 11 is 0. The Balaban J connectivity index is 1.78. The molecule has 0 aliphatic rings. The highest BCUT2D eigenvalue weighted by atomic mass is 19.1. The van der Waals surface area contributed by atoms with Crippen LogP contribution in [0.3, 0.4) is 0 Å². The van der Waals surface area contributed by atoms with Gasteiger partial charge < -0.3 is 14.2 Å². The van der Waals surface area contributed by atoms with Gasteiger partial charge in [0.25, 0.3) is 5.91 Å². The average Bonchev–Trinajstić information content (AvgIpc) is 2.80. The maximum atomic E-state index is 13.7. The van der Waals surface area contributed by atoms with Crippen molar-refractivity contribution in [3.63, 3.8) is 0 Å². The van der Waals surface area contributed by atoms with Crippen molar-refractivity contribution in [2.75, 3.05) is 20.8 Å². The van der Waals surface area contributed by atoms with Gasteiger partial charge in [-0.25, -0.2) is 15.4 Å². The number of amides is 1. The number of halogens is 1. The minimum atomic E-state index is -0.754. The number of aromatic nitrogens is 4. The molecule has 0 bridgehead atoms. The number of carbonyl (C=O) groups excluding carboxylic acids is 1. The van der Waals surface area contributed by atoms with Gasteiger partial charge in [0.15, 0.2) is 0 Å². The highest BCUT2D eigenvalue weighted by molar-refractivity contribution is 5.93. The number of methoxy groups -OCH3 is 2. The Hall–Kier alpha value is -4.15. The molecule has 3 heterocycles. The van der Waals surface area contributed by atoms with Crippen molar-refractivity contribution in [3.05, 3.63) is 54.0 Å². The van der Waals surface area contributed by atoms with Crippen LogP contribution in [0.15, 0.2) is 41.9 Å². The van der Waals surface area contributed by atoms with Crippen molar-refractivity contribution in [2.24, 2.45) is 5.10 Å². The number of ether oxygens (including phenoxy) is 3. The lowest BCUT2D eigenvalue weighted by Crippen LogP contribution is -2.19. The van der Waals surface area contributed by atoms with Gasteiger partial charge in [-0.05, 0) is 19.1 Å². The molecule has 1 amide bonds. The number of nitrogens with one attached hydrogen (secondary N) is 1. The van der Waals surface area contributed by atoms with Crippen LogP contribution in [-0.2, 0) is 0 Å². The fourth-order valence-electron chi connectivity index (χ4n) is 2.47. The van der Waals surface area contributed by atoms with Crippen molar-refractivity contribution < 1.29 is 23.4 Å². The zero-order valence-electron chi connectivity index (χ0n) is 17.0. The first-order chi connectivity index (χ1) is 15.0. The molecule has 0 aliphatic carbocycles. The summed E-state index contributed by atoms with van der Waals surface area (Å²) < 4.78 is 29.4. The Morgan fingerprint density at radius 1 is 1.19 bits per heavy atom. The van der Waals surface area contributed by atoms with E-state index in [2.05, 4.69) is 30.5 Å². The lowest BCUT2D eigenvalue weighted by atomic mass is 10.2. The quantitative estimate of drug-likeness (QED) is 0.331. The second-order valence-electron chi connectivity index (χ2n) is 5.88. The third-order valence-electron chi connectivity index (χ3n) is 3.91. The van der Waals surface area contributed by atoms with Gasteiger partial charge in [0, 0.05) is 6.07 Å². The van der Waals surface area contributed by atoms with Crippen LogP contribution in [0.1, 0.15) is 23.0 Å². The molecule has 11 heteroatoms. The van der Waals surface area contributed by atoms with E-state index in [4.69, 9.17) is 14.2 Å². The van der Waals surface area contributed by atoms with E-state index in [-0.39, 0.29) is 17.1 Å². The minimum absolute atomic E-state index is 0.00479. The Bertz CT molecular complexity index is 1110. The number of nitrogens with zero attached hydrogens (tertiary/aromatic N) is 5. The largest absolute Gasteiger partial charge is 0.495 e. The van der Waals surface area contributed by atoms with Crippen molar-refractivity contribution in [3.8, 4) is 28.8 Å². The molecule has 1 N–H and O–H groups in total. The van der Waals surface area contributed by atoms with E-state index in [1.165, 1.54) is 38.9 Å². The van der Waals surface area contributed by atoms with E-state index in [9.17, 15) is 9.18 Å². The number of pyridine rings is 2. The Morgan fingerprint density at radius 3 is 2.77 bits per heavy atom. The summed E-state index contributed by atoms with van der Waals surface area (Å²) in [6.07, 6.45) is 5.09. The van der Waals surface area contributed by atoms with Crippen LogP contribution < -0.4 is 19.6 Å². The second kappa shape index (κ2) is 10.1. The Morgan fingerprint density at radius 2 is 2.03 bits per heavy atom. The lowest BCUT2D eigenvalue weighted by molar-refractivity contribution is 0.0950. The first-order valence-corrected chi connectivity index (χ1v) is 9.08. The van der Waals surface area contributed by atoms with Crippen LogP contribution in [0.25, 0.3) is 11.3 Å². The van der Waals surface area contributed by atoms with Crippen molar-refractivity contribution in [2.45, 2.75) is 6.92 Å². The molecular weight excluding hydrogens is 407 g/mol. The molecule has 0 saturated heterocycles. The maximum Gasteiger partial charge on any atom is 0.291 e. The molecule has 0 atom stereocenters. The van der Waals surface area contributed by atoms with Crippen molar-refractivity contribution >= 4 is 12.1 Å². The summed E-state index contributed by atoms with van der Waals surface area (Å²) in [4.78, 5) is 28.5. The molecular formula is C20H19FN6O4. The topological polar surface area (TPSA) is 121 Å². The fraction of sp³-hybridized carbons (Fsp3) is 0.200. The van der Waals surface area contributed by atoms with E-state index in [0.29, 0.717) is 29.5 Å². The molecule has 0 aromatic carbocycles. The molecule has 0 spiro atoms. The lowest BCUT2D eigenvalue weighted by Gasteiger charge is -2.09. The molecule has 0 saturated carbocycles. The zero-order chi connectivity index (χ0) is 22.2. The number of carbonyl (C=O) groups is 1. The number of hydrogen-bond donors (Lipinski definition) is 1. The third-order valence-corrected chi connectivity index (χ3v) is 3.91. The van der Waals surface area contributed by atoms with Gasteiger partial charge in [-0.3, -0.25) is 9.78 Å². The van der Waals surface area contributed by atoms with E-state index in [1.54, 1.807) is 12.1 Å². The normalized spacial score (nSPS) is 10.7. The van der Waals surface area contributed by atoms with Crippen LogP contribution in [0.2, 0.25) is 0 Å². The smallest absolute Gasteiger partial charge is 0.291 e. The molecule has 0 radical (unpaired) electrons.